The lowest BCUT2D eigenvalue weighted by atomic mass is 9.93. The summed E-state index contributed by atoms with van der Waals surface area (Å²) in [6.45, 7) is 5.59. The van der Waals surface area contributed by atoms with Crippen molar-refractivity contribution in [2.45, 2.75) is 52.0 Å². The van der Waals surface area contributed by atoms with Gasteiger partial charge < -0.3 is 14.5 Å². The molecule has 0 spiro atoms. The van der Waals surface area contributed by atoms with E-state index in [1.807, 2.05) is 0 Å². The van der Waals surface area contributed by atoms with E-state index in [0.717, 1.165) is 28.7 Å². The highest BCUT2D eigenvalue weighted by atomic mass is 19.4. The number of nitrogens with zero attached hydrogens (tertiary/aromatic N) is 3. The number of hydrogen-bond donors (Lipinski definition) is 0. The Kier molecular flexibility index (Phi) is 6.49. The minimum absolute atomic E-state index is 0.115. The van der Waals surface area contributed by atoms with Gasteiger partial charge in [0.05, 0.1) is 24.4 Å². The van der Waals surface area contributed by atoms with Gasteiger partial charge in [-0.2, -0.15) is 13.2 Å². The van der Waals surface area contributed by atoms with Crippen LogP contribution in [0.5, 0.6) is 5.75 Å². The Bertz CT molecular complexity index is 1170. The average molecular weight is 504 g/mol. The Balaban J connectivity index is 1.77. The first-order chi connectivity index (χ1) is 16.8. The first kappa shape index (κ1) is 25.5. The van der Waals surface area contributed by atoms with Crippen molar-refractivity contribution in [3.63, 3.8) is 0 Å². The third-order valence-corrected chi connectivity index (χ3v) is 6.52. The molecule has 2 aromatic carbocycles. The molecule has 0 aromatic heterocycles. The van der Waals surface area contributed by atoms with Crippen molar-refractivity contribution in [3.05, 3.63) is 59.7 Å². The SMILES string of the molecule is COc1ccc(CN2C(=O)N(c3cccc(C(F)(F)F)c3)C(=O)[C@@H]3[C@H]2CCN3C(=O)C(C)(C)C)cc1. The number of rotatable bonds is 4. The van der Waals surface area contributed by atoms with Crippen LogP contribution in [0.15, 0.2) is 48.5 Å². The van der Waals surface area contributed by atoms with Crippen LogP contribution in [0.4, 0.5) is 23.7 Å². The molecule has 192 valence electrons. The molecule has 4 rings (SSSR count). The van der Waals surface area contributed by atoms with Crippen molar-refractivity contribution in [3.8, 4) is 5.75 Å². The van der Waals surface area contributed by atoms with Gasteiger partial charge in [0.25, 0.3) is 5.91 Å². The molecule has 0 radical (unpaired) electrons. The van der Waals surface area contributed by atoms with E-state index >= 15 is 0 Å². The number of urea groups is 1. The number of anilines is 1. The smallest absolute Gasteiger partial charge is 0.416 e. The number of likely N-dealkylation sites (tertiary alicyclic amines) is 1. The van der Waals surface area contributed by atoms with Crippen molar-refractivity contribution in [1.29, 1.82) is 0 Å². The van der Waals surface area contributed by atoms with Gasteiger partial charge >= 0.3 is 12.2 Å². The summed E-state index contributed by atoms with van der Waals surface area (Å²) in [5.41, 5.74) is -1.19. The topological polar surface area (TPSA) is 70.2 Å². The van der Waals surface area contributed by atoms with Crippen LogP contribution in [0.3, 0.4) is 0 Å². The number of ether oxygens (including phenoxy) is 1. The third-order valence-electron chi connectivity index (χ3n) is 6.52. The molecule has 0 N–H and O–H groups in total. The van der Waals surface area contributed by atoms with Gasteiger partial charge in [-0.05, 0) is 42.3 Å². The second kappa shape index (κ2) is 9.15. The van der Waals surface area contributed by atoms with Crippen LogP contribution in [0, 0.1) is 5.41 Å². The van der Waals surface area contributed by atoms with E-state index in [0.29, 0.717) is 12.2 Å². The lowest BCUT2D eigenvalue weighted by Gasteiger charge is -2.44. The predicted octanol–water partition coefficient (Wildman–Crippen LogP) is 4.70. The maximum atomic E-state index is 13.7. The maximum Gasteiger partial charge on any atom is 0.416 e. The van der Waals surface area contributed by atoms with Gasteiger partial charge in [0, 0.05) is 18.5 Å². The van der Waals surface area contributed by atoms with Crippen LogP contribution in [-0.4, -0.2) is 53.4 Å². The summed E-state index contributed by atoms with van der Waals surface area (Å²) in [7, 11) is 1.53. The normalized spacial score (nSPS) is 20.6. The number of carbonyl (C=O) groups excluding carboxylic acids is 3. The fourth-order valence-electron chi connectivity index (χ4n) is 4.73. The average Bonchev–Trinajstić information content (AvgIpc) is 3.26. The van der Waals surface area contributed by atoms with Gasteiger partial charge in [0.1, 0.15) is 11.8 Å². The molecule has 36 heavy (non-hydrogen) atoms. The molecule has 7 nitrogen and oxygen atoms in total. The second-order valence-electron chi connectivity index (χ2n) is 10.0. The summed E-state index contributed by atoms with van der Waals surface area (Å²) in [4.78, 5) is 44.3. The van der Waals surface area contributed by atoms with Gasteiger partial charge in [-0.1, -0.05) is 39.0 Å². The molecular weight excluding hydrogens is 475 g/mol. The molecule has 2 heterocycles. The predicted molar refractivity (Wildman–Crippen MR) is 126 cm³/mol. The summed E-state index contributed by atoms with van der Waals surface area (Å²) in [5, 5.41) is 0. The van der Waals surface area contributed by atoms with E-state index in [1.165, 1.54) is 23.0 Å². The molecule has 0 unspecified atom stereocenters. The van der Waals surface area contributed by atoms with Crippen molar-refractivity contribution in [1.82, 2.24) is 9.80 Å². The van der Waals surface area contributed by atoms with Crippen LogP contribution < -0.4 is 9.64 Å². The van der Waals surface area contributed by atoms with Gasteiger partial charge in [0.15, 0.2) is 0 Å². The molecule has 2 saturated heterocycles. The number of fused-ring (bicyclic) bond motifs is 1. The Morgan fingerprint density at radius 1 is 1.06 bits per heavy atom. The zero-order valence-electron chi connectivity index (χ0n) is 20.5. The molecule has 2 aliphatic rings. The Morgan fingerprint density at radius 2 is 1.72 bits per heavy atom. The number of imide groups is 1. The molecule has 0 saturated carbocycles. The van der Waals surface area contributed by atoms with Crippen LogP contribution in [0.2, 0.25) is 0 Å². The van der Waals surface area contributed by atoms with Crippen molar-refractivity contribution >= 4 is 23.5 Å². The summed E-state index contributed by atoms with van der Waals surface area (Å²) in [6, 6.07) is 8.83. The lowest BCUT2D eigenvalue weighted by Crippen LogP contribution is -2.66. The first-order valence-corrected chi connectivity index (χ1v) is 11.6. The van der Waals surface area contributed by atoms with Crippen LogP contribution in [0.1, 0.15) is 38.3 Å². The Labute approximate surface area is 207 Å². The minimum atomic E-state index is -4.65. The van der Waals surface area contributed by atoms with E-state index < -0.39 is 41.2 Å². The highest BCUT2D eigenvalue weighted by Crippen LogP contribution is 2.38. The van der Waals surface area contributed by atoms with E-state index in [-0.39, 0.29) is 24.7 Å². The standard InChI is InChI=1S/C26H28F3N3O4/c1-25(2,3)23(34)30-13-12-20-21(30)22(33)32(18-7-5-6-17(14-18)26(27,28)29)24(35)31(20)15-16-8-10-19(36-4)11-9-16/h5-11,14,20-21H,12-13,15H2,1-4H3/t20-,21+/m1/s1. The number of hydrogen-bond acceptors (Lipinski definition) is 4. The number of halogens is 3. The van der Waals surface area contributed by atoms with Crippen molar-refractivity contribution in [2.24, 2.45) is 5.41 Å². The van der Waals surface area contributed by atoms with E-state index in [2.05, 4.69) is 0 Å². The number of methoxy groups -OCH3 is 1. The quantitative estimate of drug-likeness (QED) is 0.607. The second-order valence-corrected chi connectivity index (χ2v) is 10.0. The molecule has 0 aliphatic carbocycles. The molecule has 2 aromatic rings. The van der Waals surface area contributed by atoms with Crippen molar-refractivity contribution in [2.75, 3.05) is 18.6 Å². The monoisotopic (exact) mass is 503 g/mol. The Hall–Kier alpha value is -3.56. The summed E-state index contributed by atoms with van der Waals surface area (Å²) < 4.78 is 45.4. The van der Waals surface area contributed by atoms with E-state index in [1.54, 1.807) is 45.0 Å². The summed E-state index contributed by atoms with van der Waals surface area (Å²) >= 11 is 0. The van der Waals surface area contributed by atoms with E-state index in [9.17, 15) is 27.6 Å². The number of carbonyl (C=O) groups is 3. The summed E-state index contributed by atoms with van der Waals surface area (Å²) in [6.07, 6.45) is -4.26. The fraction of sp³-hybridized carbons (Fsp3) is 0.423. The molecule has 2 fully saturated rings. The fourth-order valence-corrected chi connectivity index (χ4v) is 4.73. The van der Waals surface area contributed by atoms with E-state index in [4.69, 9.17) is 4.74 Å². The maximum absolute atomic E-state index is 13.7. The zero-order chi connectivity index (χ0) is 26.4. The Morgan fingerprint density at radius 3 is 2.31 bits per heavy atom. The molecule has 10 heteroatoms. The first-order valence-electron chi connectivity index (χ1n) is 11.6. The van der Waals surface area contributed by atoms with Crippen molar-refractivity contribution < 1.29 is 32.3 Å². The number of benzene rings is 2. The highest BCUT2D eigenvalue weighted by Gasteiger charge is 2.54. The molecule has 4 amide bonds. The molecule has 0 bridgehead atoms. The van der Waals surface area contributed by atoms with Gasteiger partial charge in [-0.3, -0.25) is 9.59 Å². The highest BCUT2D eigenvalue weighted by molar-refractivity contribution is 6.19. The van der Waals surface area contributed by atoms with Gasteiger partial charge in [0.2, 0.25) is 5.91 Å². The minimum Gasteiger partial charge on any atom is -0.497 e. The molecule has 2 aliphatic heterocycles. The van der Waals surface area contributed by atoms with Crippen LogP contribution >= 0.6 is 0 Å². The van der Waals surface area contributed by atoms with Crippen LogP contribution in [0.25, 0.3) is 0 Å². The zero-order valence-corrected chi connectivity index (χ0v) is 20.5. The van der Waals surface area contributed by atoms with Crippen LogP contribution in [-0.2, 0) is 22.3 Å². The lowest BCUT2D eigenvalue weighted by molar-refractivity contribution is -0.145. The summed E-state index contributed by atoms with van der Waals surface area (Å²) in [5.74, 6) is -0.332. The van der Waals surface area contributed by atoms with Gasteiger partial charge in [-0.15, -0.1) is 0 Å². The largest absolute Gasteiger partial charge is 0.497 e. The molecular formula is C26H28F3N3O4. The number of alkyl halides is 3. The third kappa shape index (κ3) is 4.64. The molecule has 2 atom stereocenters. The van der Waals surface area contributed by atoms with Gasteiger partial charge in [-0.25, -0.2) is 9.69 Å². The number of amides is 4.